The molecule has 0 heterocycles. The second-order valence-corrected chi connectivity index (χ2v) is 3.67. The second-order valence-electron chi connectivity index (χ2n) is 3.67. The van der Waals surface area contributed by atoms with Crippen molar-refractivity contribution in [2.45, 2.75) is 6.42 Å². The summed E-state index contributed by atoms with van der Waals surface area (Å²) >= 11 is 0. The number of hydrogen-bond donors (Lipinski definition) is 1. The first-order chi connectivity index (χ1) is 8.15. The topological polar surface area (TPSA) is 46.5 Å². The van der Waals surface area contributed by atoms with E-state index in [0.29, 0.717) is 6.42 Å². The number of carbonyl (C=O) groups excluding carboxylic acids is 1. The summed E-state index contributed by atoms with van der Waals surface area (Å²) in [5.41, 5.74) is 1.75. The lowest BCUT2D eigenvalue weighted by Gasteiger charge is -2.12. The smallest absolute Gasteiger partial charge is 0.309 e. The highest BCUT2D eigenvalue weighted by atomic mass is 16.5. The molecule has 1 atom stereocenters. The van der Waals surface area contributed by atoms with Crippen LogP contribution < -0.4 is 0 Å². The summed E-state index contributed by atoms with van der Waals surface area (Å²) in [6.07, 6.45) is 0.342. The molecule has 2 radical (unpaired) electrons. The summed E-state index contributed by atoms with van der Waals surface area (Å²) < 4.78 is 4.73. The highest BCUT2D eigenvalue weighted by Crippen LogP contribution is 2.20. The van der Waals surface area contributed by atoms with Crippen LogP contribution in [0.15, 0.2) is 36.9 Å². The number of esters is 1. The predicted molar refractivity (Wildman–Crippen MR) is 65.9 cm³/mol. The minimum absolute atomic E-state index is 0.0235. The lowest BCUT2D eigenvalue weighted by Crippen LogP contribution is -2.17. The van der Waals surface area contributed by atoms with Crippen LogP contribution in [0.25, 0.3) is 5.57 Å². The number of ether oxygens (including phenoxy) is 1. The van der Waals surface area contributed by atoms with E-state index in [1.807, 2.05) is 30.3 Å². The molecule has 0 amide bonds. The van der Waals surface area contributed by atoms with Crippen molar-refractivity contribution in [1.29, 1.82) is 0 Å². The number of aliphatic hydroxyl groups excluding tert-OH is 1. The van der Waals surface area contributed by atoms with E-state index in [0.717, 1.165) is 11.1 Å². The van der Waals surface area contributed by atoms with Gasteiger partial charge in [-0.15, -0.1) is 0 Å². The molecule has 0 aliphatic heterocycles. The van der Waals surface area contributed by atoms with Crippen molar-refractivity contribution in [1.82, 2.24) is 0 Å². The maximum absolute atomic E-state index is 11.4. The summed E-state index contributed by atoms with van der Waals surface area (Å²) in [5, 5.41) is 8.52. The van der Waals surface area contributed by atoms with Gasteiger partial charge in [0.05, 0.1) is 12.5 Å². The lowest BCUT2D eigenvalue weighted by molar-refractivity contribution is -0.147. The van der Waals surface area contributed by atoms with Crippen LogP contribution >= 0.6 is 0 Å². The average molecular weight is 232 g/mol. The van der Waals surface area contributed by atoms with Crippen molar-refractivity contribution < 1.29 is 14.6 Å². The molecule has 0 fully saturated rings. The Hall–Kier alpha value is -1.61. The fourth-order valence-corrected chi connectivity index (χ4v) is 1.39. The third-order valence-corrected chi connectivity index (χ3v) is 2.29. The molecule has 0 saturated heterocycles. The molecule has 1 rings (SSSR count). The molecule has 0 bridgehead atoms. The van der Waals surface area contributed by atoms with E-state index in [-0.39, 0.29) is 13.2 Å². The molecule has 0 spiro atoms. The van der Waals surface area contributed by atoms with Gasteiger partial charge in [-0.3, -0.25) is 4.79 Å². The van der Waals surface area contributed by atoms with Crippen molar-refractivity contribution in [3.8, 4) is 0 Å². The van der Waals surface area contributed by atoms with Crippen LogP contribution in [-0.2, 0) is 9.53 Å². The van der Waals surface area contributed by atoms with Crippen LogP contribution in [0.2, 0.25) is 0 Å². The quantitative estimate of drug-likeness (QED) is 0.762. The van der Waals surface area contributed by atoms with Gasteiger partial charge in [0.1, 0.15) is 6.61 Å². The van der Waals surface area contributed by atoms with Gasteiger partial charge >= 0.3 is 5.97 Å². The Labute approximate surface area is 102 Å². The molecule has 0 aliphatic rings. The Morgan fingerprint density at radius 3 is 2.65 bits per heavy atom. The molecule has 1 unspecified atom stereocenters. The monoisotopic (exact) mass is 232 g/mol. The van der Waals surface area contributed by atoms with Crippen LogP contribution in [-0.4, -0.2) is 24.3 Å². The third kappa shape index (κ3) is 4.41. The average Bonchev–Trinajstić information content (AvgIpc) is 2.36. The van der Waals surface area contributed by atoms with Crippen molar-refractivity contribution in [3.05, 3.63) is 49.4 Å². The van der Waals surface area contributed by atoms with Gasteiger partial charge in [-0.05, 0) is 24.5 Å². The molecule has 1 N–H and O–H groups in total. The zero-order chi connectivity index (χ0) is 12.7. The zero-order valence-corrected chi connectivity index (χ0v) is 9.63. The second kappa shape index (κ2) is 6.86. The van der Waals surface area contributed by atoms with Gasteiger partial charge in [0.15, 0.2) is 0 Å². The van der Waals surface area contributed by atoms with Crippen molar-refractivity contribution in [3.63, 3.8) is 0 Å². The van der Waals surface area contributed by atoms with Gasteiger partial charge in [0.25, 0.3) is 0 Å². The normalized spacial score (nSPS) is 11.9. The van der Waals surface area contributed by atoms with E-state index in [4.69, 9.17) is 16.8 Å². The van der Waals surface area contributed by atoms with Gasteiger partial charge in [-0.1, -0.05) is 36.9 Å². The van der Waals surface area contributed by atoms with Crippen LogP contribution in [0.3, 0.4) is 0 Å². The molecule has 3 nitrogen and oxygen atoms in total. The Balaban J connectivity index is 2.49. The van der Waals surface area contributed by atoms with Gasteiger partial charge in [0, 0.05) is 0 Å². The minimum Gasteiger partial charge on any atom is -0.463 e. The fourth-order valence-electron chi connectivity index (χ4n) is 1.39. The van der Waals surface area contributed by atoms with E-state index < -0.39 is 11.9 Å². The molecule has 0 aliphatic carbocycles. The Morgan fingerprint density at radius 2 is 2.06 bits per heavy atom. The molecule has 0 aromatic heterocycles. The van der Waals surface area contributed by atoms with E-state index in [2.05, 4.69) is 6.58 Å². The summed E-state index contributed by atoms with van der Waals surface area (Å²) in [6.45, 7) is 9.35. The first kappa shape index (κ1) is 13.5. The minimum atomic E-state index is -0.741. The molecule has 3 heteroatoms. The van der Waals surface area contributed by atoms with E-state index >= 15 is 0 Å². The predicted octanol–water partition coefficient (Wildman–Crippen LogP) is 1.95. The maximum atomic E-state index is 11.4. The van der Waals surface area contributed by atoms with Gasteiger partial charge < -0.3 is 9.84 Å². The van der Waals surface area contributed by atoms with Crippen molar-refractivity contribution in [2.24, 2.45) is 5.92 Å². The van der Waals surface area contributed by atoms with Crippen LogP contribution in [0, 0.1) is 12.8 Å². The van der Waals surface area contributed by atoms with Crippen LogP contribution in [0.4, 0.5) is 0 Å². The van der Waals surface area contributed by atoms with Crippen molar-refractivity contribution in [2.75, 3.05) is 13.2 Å². The Bertz CT molecular complexity index is 370. The Morgan fingerprint density at radius 1 is 1.41 bits per heavy atom. The highest BCUT2D eigenvalue weighted by Gasteiger charge is 2.16. The summed E-state index contributed by atoms with van der Waals surface area (Å²) in [7, 11) is 0. The number of carbonyl (C=O) groups is 1. The third-order valence-electron chi connectivity index (χ3n) is 2.29. The lowest BCUT2D eigenvalue weighted by atomic mass is 9.97. The molecule has 0 saturated carbocycles. The standard InChI is InChI=1S/C14H16O3/c1-11(13-6-4-3-5-7-13)10-12(2)14(16)17-9-8-15/h2-7,12,15H,1,8-10H2. The van der Waals surface area contributed by atoms with Gasteiger partial charge in [-0.25, -0.2) is 0 Å². The first-order valence-corrected chi connectivity index (χ1v) is 5.41. The van der Waals surface area contributed by atoms with E-state index in [9.17, 15) is 4.79 Å². The number of rotatable bonds is 6. The van der Waals surface area contributed by atoms with E-state index in [1.165, 1.54) is 0 Å². The summed E-state index contributed by atoms with van der Waals surface area (Å²) in [5.74, 6) is -1.26. The van der Waals surface area contributed by atoms with Gasteiger partial charge in [-0.2, -0.15) is 0 Å². The number of hydrogen-bond acceptors (Lipinski definition) is 3. The zero-order valence-electron chi connectivity index (χ0n) is 9.63. The maximum Gasteiger partial charge on any atom is 0.309 e. The highest BCUT2D eigenvalue weighted by molar-refractivity contribution is 5.76. The molecular formula is C14H16O3. The SMILES string of the molecule is [CH]C(CC(=C)c1ccccc1)C(=O)OCCO. The molecule has 90 valence electrons. The van der Waals surface area contributed by atoms with Gasteiger partial charge in [0.2, 0.25) is 0 Å². The van der Waals surface area contributed by atoms with Crippen LogP contribution in [0.1, 0.15) is 12.0 Å². The number of aliphatic hydroxyl groups is 1. The number of benzene rings is 1. The fraction of sp³-hybridized carbons (Fsp3) is 0.286. The first-order valence-electron chi connectivity index (χ1n) is 5.41. The summed E-state index contributed by atoms with van der Waals surface area (Å²) in [6, 6.07) is 9.53. The molecule has 17 heavy (non-hydrogen) atoms. The largest absolute Gasteiger partial charge is 0.463 e. The Kier molecular flexibility index (Phi) is 5.43. The molecule has 1 aromatic carbocycles. The molecular weight excluding hydrogens is 216 g/mol. The van der Waals surface area contributed by atoms with E-state index in [1.54, 1.807) is 0 Å². The molecule has 1 aromatic rings. The summed E-state index contributed by atoms with van der Waals surface area (Å²) in [4.78, 5) is 11.4. The number of allylic oxidation sites excluding steroid dienone is 1. The van der Waals surface area contributed by atoms with Crippen molar-refractivity contribution >= 4 is 11.5 Å². The van der Waals surface area contributed by atoms with Crippen LogP contribution in [0.5, 0.6) is 0 Å².